The molecule has 7 rings (SSSR count). The van der Waals surface area contributed by atoms with Crippen LogP contribution in [0.25, 0.3) is 10.8 Å². The predicted molar refractivity (Wildman–Crippen MR) is 134 cm³/mol. The van der Waals surface area contributed by atoms with Gasteiger partial charge >= 0.3 is 17.6 Å². The van der Waals surface area contributed by atoms with E-state index in [-0.39, 0.29) is 38.6 Å². The minimum atomic E-state index is -1.83. The van der Waals surface area contributed by atoms with E-state index in [1.165, 1.54) is 19.2 Å². The van der Waals surface area contributed by atoms with Gasteiger partial charge in [0.05, 0.1) is 22.8 Å². The minimum absolute atomic E-state index is 0.0471. The number of carbonyl (C=O) groups is 4. The number of ketones is 2. The average molecular weight is 546 g/mol. The average Bonchev–Trinajstić information content (AvgIpc) is 3.06. The summed E-state index contributed by atoms with van der Waals surface area (Å²) in [6.45, 7) is 3.94. The number of aryl methyl sites for hydroxylation is 2. The standard InChI is InChI=1S/C29H22O11/c1-9-5-14(32)18-20-15(9)23(34)21-25(40-11(3)30)28(20,8-39-27(18)36)24-22(33)12-7-38-26(35)17-13(31)6-10(2)19(16(12)17)29(21,24)37-4/h5-7,21,24-25,31-32H,8H2,1-4H3/t21-,24+,25-,28-,29+/m0/s1. The van der Waals surface area contributed by atoms with Crippen LogP contribution in [0.4, 0.5) is 0 Å². The molecular formula is C29H22O11. The molecule has 0 radical (unpaired) electrons. The number of methoxy groups -OCH3 is 1. The van der Waals surface area contributed by atoms with Gasteiger partial charge in [0, 0.05) is 25.0 Å². The molecule has 0 saturated heterocycles. The van der Waals surface area contributed by atoms with E-state index in [4.69, 9.17) is 18.6 Å². The Balaban J connectivity index is 1.73. The molecule has 204 valence electrons. The van der Waals surface area contributed by atoms with Crippen molar-refractivity contribution in [3.8, 4) is 11.5 Å². The first-order chi connectivity index (χ1) is 18.9. The summed E-state index contributed by atoms with van der Waals surface area (Å²) < 4.78 is 22.8. The topological polar surface area (TPSA) is 167 Å². The highest BCUT2D eigenvalue weighted by molar-refractivity contribution is 6.19. The zero-order valence-electron chi connectivity index (χ0n) is 21.7. The lowest BCUT2D eigenvalue weighted by molar-refractivity contribution is -0.154. The molecular weight excluding hydrogens is 524 g/mol. The normalized spacial score (nSPS) is 29.2. The summed E-state index contributed by atoms with van der Waals surface area (Å²) >= 11 is 0. The Morgan fingerprint density at radius 3 is 2.35 bits per heavy atom. The number of benzene rings is 2. The lowest BCUT2D eigenvalue weighted by Gasteiger charge is -2.47. The quantitative estimate of drug-likeness (QED) is 0.453. The monoisotopic (exact) mass is 546 g/mol. The van der Waals surface area contributed by atoms with Gasteiger partial charge in [-0.1, -0.05) is 0 Å². The zero-order valence-corrected chi connectivity index (χ0v) is 21.7. The molecule has 2 heterocycles. The van der Waals surface area contributed by atoms with Gasteiger partial charge in [0.1, 0.15) is 47.0 Å². The van der Waals surface area contributed by atoms with E-state index in [9.17, 15) is 34.2 Å². The second kappa shape index (κ2) is 7.36. The summed E-state index contributed by atoms with van der Waals surface area (Å²) in [4.78, 5) is 67.6. The molecule has 1 aromatic heterocycles. The number of ether oxygens (including phenoxy) is 3. The fourth-order valence-corrected chi connectivity index (χ4v) is 8.08. The Morgan fingerprint density at radius 1 is 0.975 bits per heavy atom. The molecule has 5 atom stereocenters. The highest BCUT2D eigenvalue weighted by Gasteiger charge is 2.80. The van der Waals surface area contributed by atoms with Gasteiger partial charge < -0.3 is 28.8 Å². The van der Waals surface area contributed by atoms with Gasteiger partial charge in [-0.05, 0) is 48.2 Å². The molecule has 1 aliphatic heterocycles. The van der Waals surface area contributed by atoms with Crippen molar-refractivity contribution in [2.45, 2.75) is 37.9 Å². The van der Waals surface area contributed by atoms with Crippen molar-refractivity contribution in [2.24, 2.45) is 11.8 Å². The lowest BCUT2D eigenvalue weighted by Crippen LogP contribution is -2.57. The smallest absolute Gasteiger partial charge is 0.347 e. The van der Waals surface area contributed by atoms with E-state index in [0.29, 0.717) is 11.1 Å². The maximum absolute atomic E-state index is 14.6. The minimum Gasteiger partial charge on any atom is -0.507 e. The largest absolute Gasteiger partial charge is 0.507 e. The molecule has 0 amide bonds. The van der Waals surface area contributed by atoms with Crippen LogP contribution >= 0.6 is 0 Å². The third kappa shape index (κ3) is 2.40. The summed E-state index contributed by atoms with van der Waals surface area (Å²) in [5.74, 6) is -6.33. The lowest BCUT2D eigenvalue weighted by atomic mass is 9.59. The van der Waals surface area contributed by atoms with Crippen LogP contribution in [0.3, 0.4) is 0 Å². The van der Waals surface area contributed by atoms with Gasteiger partial charge in [-0.25, -0.2) is 9.59 Å². The van der Waals surface area contributed by atoms with E-state index in [1.54, 1.807) is 13.8 Å². The van der Waals surface area contributed by atoms with Gasteiger partial charge in [-0.2, -0.15) is 0 Å². The summed E-state index contributed by atoms with van der Waals surface area (Å²) in [6.07, 6.45) is -0.353. The molecule has 11 nitrogen and oxygen atoms in total. The first-order valence-electron chi connectivity index (χ1n) is 12.6. The van der Waals surface area contributed by atoms with Crippen molar-refractivity contribution in [2.75, 3.05) is 13.7 Å². The third-order valence-electron chi connectivity index (χ3n) is 9.17. The van der Waals surface area contributed by atoms with Crippen LogP contribution in [-0.4, -0.2) is 53.5 Å². The van der Waals surface area contributed by atoms with Crippen molar-refractivity contribution in [1.82, 2.24) is 0 Å². The molecule has 3 aromatic rings. The molecule has 2 aromatic carbocycles. The number of phenolic OH excluding ortho intramolecular Hbond substituents is 2. The summed E-state index contributed by atoms with van der Waals surface area (Å²) in [6, 6.07) is 2.61. The van der Waals surface area contributed by atoms with Crippen LogP contribution in [0, 0.1) is 25.7 Å². The Bertz CT molecular complexity index is 1850. The first-order valence-corrected chi connectivity index (χ1v) is 12.6. The molecule has 3 aliphatic carbocycles. The summed E-state index contributed by atoms with van der Waals surface area (Å²) in [7, 11) is 1.31. The van der Waals surface area contributed by atoms with Crippen molar-refractivity contribution in [1.29, 1.82) is 0 Å². The third-order valence-corrected chi connectivity index (χ3v) is 9.17. The molecule has 4 aliphatic rings. The number of cyclic esters (lactones) is 1. The fraction of sp³-hybridized carbons (Fsp3) is 0.345. The van der Waals surface area contributed by atoms with Crippen LogP contribution in [0.15, 0.2) is 27.6 Å². The second-order valence-electron chi connectivity index (χ2n) is 10.9. The predicted octanol–water partition coefficient (Wildman–Crippen LogP) is 2.34. The van der Waals surface area contributed by atoms with Crippen LogP contribution < -0.4 is 5.63 Å². The van der Waals surface area contributed by atoms with Gasteiger partial charge in [-0.3, -0.25) is 14.4 Å². The van der Waals surface area contributed by atoms with Crippen molar-refractivity contribution >= 4 is 34.3 Å². The number of aromatic hydroxyl groups is 2. The number of esters is 2. The van der Waals surface area contributed by atoms with Crippen molar-refractivity contribution in [3.63, 3.8) is 0 Å². The Labute approximate surface area is 225 Å². The number of phenols is 2. The fourth-order valence-electron chi connectivity index (χ4n) is 8.08. The number of Topliss-reactive ketones (excluding diaryl/α,β-unsaturated/α-hetero) is 2. The first kappa shape index (κ1) is 24.5. The highest BCUT2D eigenvalue weighted by atomic mass is 16.6. The maximum atomic E-state index is 14.6. The number of carbonyl (C=O) groups excluding carboxylic acids is 4. The van der Waals surface area contributed by atoms with Gasteiger partial charge in [-0.15, -0.1) is 0 Å². The molecule has 1 spiro atoms. The Kier molecular flexibility index (Phi) is 4.51. The molecule has 2 N–H and O–H groups in total. The van der Waals surface area contributed by atoms with Gasteiger partial charge in [0.15, 0.2) is 11.6 Å². The molecule has 1 fully saturated rings. The number of hydrogen-bond donors (Lipinski definition) is 2. The van der Waals surface area contributed by atoms with E-state index >= 15 is 0 Å². The van der Waals surface area contributed by atoms with Crippen LogP contribution in [0.1, 0.15) is 60.3 Å². The Hall–Kier alpha value is -4.51. The van der Waals surface area contributed by atoms with E-state index < -0.39 is 76.2 Å². The van der Waals surface area contributed by atoms with E-state index in [1.807, 2.05) is 0 Å². The molecule has 11 heteroatoms. The van der Waals surface area contributed by atoms with Crippen molar-refractivity contribution < 1.29 is 48.0 Å². The molecule has 2 bridgehead atoms. The van der Waals surface area contributed by atoms with Crippen molar-refractivity contribution in [3.05, 3.63) is 67.8 Å². The van der Waals surface area contributed by atoms with Crippen LogP contribution in [0.5, 0.6) is 11.5 Å². The number of rotatable bonds is 2. The van der Waals surface area contributed by atoms with E-state index in [2.05, 4.69) is 0 Å². The second-order valence-corrected chi connectivity index (χ2v) is 10.9. The summed E-state index contributed by atoms with van der Waals surface area (Å²) in [5.41, 5.74) is -3.47. The number of hydrogen-bond acceptors (Lipinski definition) is 11. The number of fused-ring (bicyclic) bond motifs is 4. The molecule has 0 unspecified atom stereocenters. The SMILES string of the molecule is CO[C@@]12c3c(C)cc(O)c4c(=O)occ(c34)C(=O)[C@@H]1[C@]13COC(=O)c4c(O)cc(C)c(c41)C(=O)[C@H]2[C@@H]3OC(C)=O. The molecule has 1 saturated carbocycles. The molecule has 40 heavy (non-hydrogen) atoms. The van der Waals surface area contributed by atoms with Gasteiger partial charge in [0.25, 0.3) is 0 Å². The Morgan fingerprint density at radius 2 is 1.68 bits per heavy atom. The van der Waals surface area contributed by atoms with E-state index in [0.717, 1.165) is 13.2 Å². The van der Waals surface area contributed by atoms with Crippen LogP contribution in [0.2, 0.25) is 0 Å². The highest BCUT2D eigenvalue weighted by Crippen LogP contribution is 2.70. The maximum Gasteiger partial charge on any atom is 0.347 e. The zero-order chi connectivity index (χ0) is 28.6. The summed E-state index contributed by atoms with van der Waals surface area (Å²) in [5, 5.41) is 21.5. The van der Waals surface area contributed by atoms with Gasteiger partial charge in [0.2, 0.25) is 0 Å². The van der Waals surface area contributed by atoms with Crippen LogP contribution in [-0.2, 0) is 30.0 Å².